The Morgan fingerprint density at radius 2 is 1.93 bits per heavy atom. The summed E-state index contributed by atoms with van der Waals surface area (Å²) < 4.78 is 0. The summed E-state index contributed by atoms with van der Waals surface area (Å²) in [6, 6.07) is 8.61. The summed E-state index contributed by atoms with van der Waals surface area (Å²) in [7, 11) is 0. The second kappa shape index (κ2) is 3.97. The maximum Gasteiger partial charge on any atom is 0.0578 e. The van der Waals surface area contributed by atoms with E-state index in [2.05, 4.69) is 37.3 Å². The lowest BCUT2D eigenvalue weighted by molar-refractivity contribution is 0.166. The van der Waals surface area contributed by atoms with Crippen LogP contribution in [0.2, 0.25) is 0 Å². The smallest absolute Gasteiger partial charge is 0.0578 e. The molecule has 74 valence electrons. The van der Waals surface area contributed by atoms with Crippen LogP contribution in [0.4, 0.5) is 0 Å². The van der Waals surface area contributed by atoms with Crippen LogP contribution in [0.5, 0.6) is 0 Å². The molecule has 14 heavy (non-hydrogen) atoms. The molecule has 1 aromatic rings. The predicted octanol–water partition coefficient (Wildman–Crippen LogP) is 2.92. The van der Waals surface area contributed by atoms with Gasteiger partial charge in [-0.05, 0) is 37.3 Å². The fraction of sp³-hybridized carbons (Fsp3) is 0.385. The van der Waals surface area contributed by atoms with Gasteiger partial charge in [-0.15, -0.1) is 0 Å². The molecular formula is C13H16O. The van der Waals surface area contributed by atoms with Crippen LogP contribution in [-0.4, -0.2) is 11.2 Å². The Bertz CT molecular complexity index is 335. The Labute approximate surface area is 85.1 Å². The predicted molar refractivity (Wildman–Crippen MR) is 59.0 cm³/mol. The standard InChI is InChI=1S/C13H16O/c1-10-2-4-11(5-3-10)12-6-8-13(14)9-7-12/h2-6,13-14H,7-9H2,1H3/t13-/m0/s1. The lowest BCUT2D eigenvalue weighted by Crippen LogP contribution is -2.09. The number of aliphatic hydroxyl groups is 1. The number of allylic oxidation sites excluding steroid dienone is 1. The highest BCUT2D eigenvalue weighted by molar-refractivity contribution is 5.66. The maximum absolute atomic E-state index is 9.37. The first-order valence-corrected chi connectivity index (χ1v) is 5.20. The minimum absolute atomic E-state index is 0.121. The van der Waals surface area contributed by atoms with Crippen LogP contribution in [0, 0.1) is 6.92 Å². The summed E-state index contributed by atoms with van der Waals surface area (Å²) in [5.74, 6) is 0. The largest absolute Gasteiger partial charge is 0.393 e. The van der Waals surface area contributed by atoms with Crippen molar-refractivity contribution in [2.45, 2.75) is 32.3 Å². The van der Waals surface area contributed by atoms with E-state index in [9.17, 15) is 5.11 Å². The molecule has 2 rings (SSSR count). The highest BCUT2D eigenvalue weighted by Crippen LogP contribution is 2.26. The molecular weight excluding hydrogens is 172 g/mol. The zero-order valence-electron chi connectivity index (χ0n) is 8.53. The molecule has 0 aliphatic heterocycles. The Morgan fingerprint density at radius 3 is 2.50 bits per heavy atom. The molecule has 0 radical (unpaired) electrons. The molecule has 0 amide bonds. The third-order valence-corrected chi connectivity index (χ3v) is 2.81. The van der Waals surface area contributed by atoms with Gasteiger partial charge in [-0.25, -0.2) is 0 Å². The molecule has 1 nitrogen and oxygen atoms in total. The van der Waals surface area contributed by atoms with Gasteiger partial charge < -0.3 is 5.11 Å². The first-order valence-electron chi connectivity index (χ1n) is 5.20. The topological polar surface area (TPSA) is 20.2 Å². The number of rotatable bonds is 1. The third kappa shape index (κ3) is 2.05. The average Bonchev–Trinajstić information content (AvgIpc) is 2.21. The van der Waals surface area contributed by atoms with E-state index < -0.39 is 0 Å². The van der Waals surface area contributed by atoms with E-state index >= 15 is 0 Å². The molecule has 0 heterocycles. The summed E-state index contributed by atoms with van der Waals surface area (Å²) in [5, 5.41) is 9.37. The van der Waals surface area contributed by atoms with Crippen LogP contribution < -0.4 is 0 Å². The number of hydrogen-bond donors (Lipinski definition) is 1. The first kappa shape index (κ1) is 9.47. The number of hydrogen-bond acceptors (Lipinski definition) is 1. The molecule has 1 aromatic carbocycles. The van der Waals surface area contributed by atoms with E-state index in [0.717, 1.165) is 19.3 Å². The van der Waals surface area contributed by atoms with Crippen molar-refractivity contribution in [2.24, 2.45) is 0 Å². The zero-order valence-corrected chi connectivity index (χ0v) is 8.53. The van der Waals surface area contributed by atoms with Gasteiger partial charge in [-0.2, -0.15) is 0 Å². The van der Waals surface area contributed by atoms with Gasteiger partial charge in [0.05, 0.1) is 6.10 Å². The van der Waals surface area contributed by atoms with Crippen molar-refractivity contribution < 1.29 is 5.11 Å². The molecule has 0 saturated heterocycles. The minimum atomic E-state index is -0.121. The van der Waals surface area contributed by atoms with Crippen LogP contribution in [0.3, 0.4) is 0 Å². The van der Waals surface area contributed by atoms with Crippen molar-refractivity contribution >= 4 is 5.57 Å². The van der Waals surface area contributed by atoms with E-state index in [1.165, 1.54) is 16.7 Å². The molecule has 1 N–H and O–H groups in total. The average molecular weight is 188 g/mol. The summed E-state index contributed by atoms with van der Waals surface area (Å²) in [4.78, 5) is 0. The van der Waals surface area contributed by atoms with E-state index in [1.54, 1.807) is 0 Å². The Morgan fingerprint density at radius 1 is 1.21 bits per heavy atom. The second-order valence-corrected chi connectivity index (χ2v) is 4.02. The highest BCUT2D eigenvalue weighted by atomic mass is 16.3. The van der Waals surface area contributed by atoms with Crippen molar-refractivity contribution in [3.63, 3.8) is 0 Å². The van der Waals surface area contributed by atoms with Gasteiger partial charge in [0.1, 0.15) is 0 Å². The minimum Gasteiger partial charge on any atom is -0.393 e. The Hall–Kier alpha value is -1.08. The number of benzene rings is 1. The van der Waals surface area contributed by atoms with Crippen molar-refractivity contribution in [1.82, 2.24) is 0 Å². The highest BCUT2D eigenvalue weighted by Gasteiger charge is 2.12. The van der Waals surface area contributed by atoms with Crippen LogP contribution in [0.1, 0.15) is 30.4 Å². The van der Waals surface area contributed by atoms with Crippen LogP contribution in [0.25, 0.3) is 5.57 Å². The van der Waals surface area contributed by atoms with Crippen LogP contribution in [-0.2, 0) is 0 Å². The summed E-state index contributed by atoms with van der Waals surface area (Å²) in [5.41, 5.74) is 3.99. The van der Waals surface area contributed by atoms with Gasteiger partial charge in [-0.1, -0.05) is 35.9 Å². The normalized spacial score (nSPS) is 21.9. The van der Waals surface area contributed by atoms with Gasteiger partial charge in [0.15, 0.2) is 0 Å². The van der Waals surface area contributed by atoms with Crippen molar-refractivity contribution in [1.29, 1.82) is 0 Å². The van der Waals surface area contributed by atoms with Gasteiger partial charge >= 0.3 is 0 Å². The van der Waals surface area contributed by atoms with E-state index in [4.69, 9.17) is 0 Å². The molecule has 0 aromatic heterocycles. The third-order valence-electron chi connectivity index (χ3n) is 2.81. The first-order chi connectivity index (χ1) is 6.75. The Balaban J connectivity index is 2.19. The molecule has 1 atom stereocenters. The monoisotopic (exact) mass is 188 g/mol. The van der Waals surface area contributed by atoms with E-state index in [-0.39, 0.29) is 6.10 Å². The van der Waals surface area contributed by atoms with Crippen molar-refractivity contribution in [2.75, 3.05) is 0 Å². The molecule has 1 aliphatic rings. The van der Waals surface area contributed by atoms with Crippen molar-refractivity contribution in [3.8, 4) is 0 Å². The molecule has 1 heteroatoms. The van der Waals surface area contributed by atoms with Crippen LogP contribution >= 0.6 is 0 Å². The molecule has 0 spiro atoms. The quantitative estimate of drug-likeness (QED) is 0.718. The molecule has 0 saturated carbocycles. The lowest BCUT2D eigenvalue weighted by atomic mass is 9.92. The lowest BCUT2D eigenvalue weighted by Gasteiger charge is -2.17. The summed E-state index contributed by atoms with van der Waals surface area (Å²) in [6.07, 6.45) is 4.76. The van der Waals surface area contributed by atoms with E-state index in [1.807, 2.05) is 0 Å². The fourth-order valence-corrected chi connectivity index (χ4v) is 1.85. The van der Waals surface area contributed by atoms with Gasteiger partial charge in [-0.3, -0.25) is 0 Å². The van der Waals surface area contributed by atoms with Crippen LogP contribution in [0.15, 0.2) is 30.3 Å². The number of aryl methyl sites for hydroxylation is 1. The van der Waals surface area contributed by atoms with Gasteiger partial charge in [0.25, 0.3) is 0 Å². The van der Waals surface area contributed by atoms with Gasteiger partial charge in [0.2, 0.25) is 0 Å². The molecule has 0 unspecified atom stereocenters. The van der Waals surface area contributed by atoms with Crippen molar-refractivity contribution in [3.05, 3.63) is 41.5 Å². The van der Waals surface area contributed by atoms with E-state index in [0.29, 0.717) is 0 Å². The molecule has 0 fully saturated rings. The second-order valence-electron chi connectivity index (χ2n) is 4.02. The number of aliphatic hydroxyl groups excluding tert-OH is 1. The summed E-state index contributed by atoms with van der Waals surface area (Å²) >= 11 is 0. The maximum atomic E-state index is 9.37. The Kier molecular flexibility index (Phi) is 2.69. The fourth-order valence-electron chi connectivity index (χ4n) is 1.85. The SMILES string of the molecule is Cc1ccc(C2=CC[C@H](O)CC2)cc1. The molecule has 1 aliphatic carbocycles. The van der Waals surface area contributed by atoms with Gasteiger partial charge in [0, 0.05) is 0 Å². The molecule has 0 bridgehead atoms. The zero-order chi connectivity index (χ0) is 9.97. The summed E-state index contributed by atoms with van der Waals surface area (Å²) in [6.45, 7) is 2.10.